The molecule has 1 N–H and O–H groups in total. The molecule has 10 heteroatoms. The molecule has 1 saturated heterocycles. The first-order valence-corrected chi connectivity index (χ1v) is 12.5. The van der Waals surface area contributed by atoms with Gasteiger partial charge in [0.1, 0.15) is 10.8 Å². The molecule has 1 fully saturated rings. The van der Waals surface area contributed by atoms with Crippen molar-refractivity contribution in [3.05, 3.63) is 64.4 Å². The van der Waals surface area contributed by atoms with Gasteiger partial charge in [0.15, 0.2) is 11.5 Å². The van der Waals surface area contributed by atoms with Gasteiger partial charge in [0, 0.05) is 18.0 Å². The zero-order chi connectivity index (χ0) is 25.8. The topological polar surface area (TPSA) is 115 Å². The van der Waals surface area contributed by atoms with Crippen LogP contribution in [0.2, 0.25) is 0 Å². The van der Waals surface area contributed by atoms with E-state index in [4.69, 9.17) is 9.47 Å². The van der Waals surface area contributed by atoms with Gasteiger partial charge in [0.25, 0.3) is 5.78 Å². The molecule has 1 aromatic carbocycles. The number of hydrogen-bond acceptors (Lipinski definition) is 9. The van der Waals surface area contributed by atoms with Crippen LogP contribution in [0.5, 0.6) is 11.5 Å². The molecule has 1 aliphatic rings. The molecule has 3 aromatic rings. The molecule has 0 bridgehead atoms. The highest BCUT2D eigenvalue weighted by Crippen LogP contribution is 2.44. The van der Waals surface area contributed by atoms with E-state index in [1.807, 2.05) is 6.92 Å². The Labute approximate surface area is 213 Å². The van der Waals surface area contributed by atoms with E-state index in [1.165, 1.54) is 28.6 Å². The minimum Gasteiger partial charge on any atom is -0.507 e. The van der Waals surface area contributed by atoms with Crippen LogP contribution >= 0.6 is 11.3 Å². The van der Waals surface area contributed by atoms with Crippen LogP contribution < -0.4 is 14.4 Å². The predicted molar refractivity (Wildman–Crippen MR) is 136 cm³/mol. The van der Waals surface area contributed by atoms with Crippen molar-refractivity contribution < 1.29 is 24.2 Å². The minimum absolute atomic E-state index is 0.0463. The molecule has 188 valence electrons. The van der Waals surface area contributed by atoms with Crippen LogP contribution in [0, 0.1) is 12.8 Å². The second-order valence-electron chi connectivity index (χ2n) is 8.68. The van der Waals surface area contributed by atoms with E-state index in [-0.39, 0.29) is 16.5 Å². The first-order valence-electron chi connectivity index (χ1n) is 11.7. The quantitative estimate of drug-likeness (QED) is 0.251. The molecule has 1 atom stereocenters. The molecule has 36 heavy (non-hydrogen) atoms. The van der Waals surface area contributed by atoms with Crippen LogP contribution in [-0.4, -0.2) is 45.2 Å². The Morgan fingerprint density at radius 3 is 2.50 bits per heavy atom. The Balaban J connectivity index is 1.85. The summed E-state index contributed by atoms with van der Waals surface area (Å²) in [6.07, 6.45) is 3.89. The number of pyridine rings is 1. The third kappa shape index (κ3) is 5.08. The molecule has 2 aromatic heterocycles. The number of aliphatic hydroxyl groups is 1. The summed E-state index contributed by atoms with van der Waals surface area (Å²) in [6, 6.07) is 7.49. The second kappa shape index (κ2) is 10.9. The number of anilines is 1. The minimum atomic E-state index is -0.936. The zero-order valence-electron chi connectivity index (χ0n) is 20.6. The summed E-state index contributed by atoms with van der Waals surface area (Å²) < 4.78 is 11.8. The first kappa shape index (κ1) is 25.3. The Kier molecular flexibility index (Phi) is 7.64. The van der Waals surface area contributed by atoms with Crippen LogP contribution in [0.15, 0.2) is 48.3 Å². The lowest BCUT2D eigenvalue weighted by atomic mass is 9.95. The summed E-state index contributed by atoms with van der Waals surface area (Å²) >= 11 is 1.19. The lowest BCUT2D eigenvalue weighted by molar-refractivity contribution is -0.132. The van der Waals surface area contributed by atoms with Crippen LogP contribution in [-0.2, 0) is 9.59 Å². The van der Waals surface area contributed by atoms with Crippen molar-refractivity contribution in [2.45, 2.75) is 40.2 Å². The number of aromatic nitrogens is 3. The van der Waals surface area contributed by atoms with E-state index in [9.17, 15) is 14.7 Å². The summed E-state index contributed by atoms with van der Waals surface area (Å²) in [5, 5.41) is 20.2. The average molecular weight is 509 g/mol. The predicted octanol–water partition coefficient (Wildman–Crippen LogP) is 4.69. The van der Waals surface area contributed by atoms with E-state index in [0.29, 0.717) is 46.8 Å². The molecular weight excluding hydrogens is 480 g/mol. The fourth-order valence-electron chi connectivity index (χ4n) is 3.88. The molecule has 0 radical (unpaired) electrons. The van der Waals surface area contributed by atoms with Gasteiger partial charge in [0.05, 0.1) is 24.8 Å². The molecule has 0 saturated carbocycles. The van der Waals surface area contributed by atoms with Crippen molar-refractivity contribution in [2.75, 3.05) is 18.1 Å². The Bertz CT molecular complexity index is 1290. The maximum Gasteiger partial charge on any atom is 0.301 e. The van der Waals surface area contributed by atoms with Gasteiger partial charge in [-0.2, -0.15) is 0 Å². The second-order valence-corrected chi connectivity index (χ2v) is 9.84. The largest absolute Gasteiger partial charge is 0.507 e. The molecule has 1 amide bonds. The van der Waals surface area contributed by atoms with Crippen molar-refractivity contribution >= 4 is 33.9 Å². The molecular formula is C26H28N4O5S. The fraction of sp³-hybridized carbons (Fsp3) is 0.346. The van der Waals surface area contributed by atoms with Crippen LogP contribution in [0.3, 0.4) is 0 Å². The Morgan fingerprint density at radius 2 is 1.86 bits per heavy atom. The standard InChI is InChI=1S/C26H28N4O5S/c1-5-34-20-14-18(6-7-19(20)35-13-10-15(2)3)22-21(23(31)17-8-11-27-12-9-17)24(32)25(33)30(22)26-29-28-16(4)36-26/h6-9,11-12,14-15,22,31H,5,10,13H2,1-4H3. The number of ketones is 1. The lowest BCUT2D eigenvalue weighted by Gasteiger charge is -2.23. The van der Waals surface area contributed by atoms with Crippen molar-refractivity contribution in [3.63, 3.8) is 0 Å². The fourth-order valence-corrected chi connectivity index (χ4v) is 4.60. The molecule has 0 aliphatic carbocycles. The lowest BCUT2D eigenvalue weighted by Crippen LogP contribution is -2.29. The highest BCUT2D eigenvalue weighted by Gasteiger charge is 2.48. The van der Waals surface area contributed by atoms with Gasteiger partial charge in [-0.15, -0.1) is 10.2 Å². The van der Waals surface area contributed by atoms with Gasteiger partial charge in [-0.1, -0.05) is 31.3 Å². The zero-order valence-corrected chi connectivity index (χ0v) is 21.4. The van der Waals surface area contributed by atoms with E-state index < -0.39 is 17.7 Å². The maximum atomic E-state index is 13.3. The monoisotopic (exact) mass is 508 g/mol. The van der Waals surface area contributed by atoms with Crippen molar-refractivity contribution in [1.29, 1.82) is 0 Å². The van der Waals surface area contributed by atoms with Gasteiger partial charge >= 0.3 is 5.91 Å². The molecule has 0 spiro atoms. The van der Waals surface area contributed by atoms with Crippen LogP contribution in [0.4, 0.5) is 5.13 Å². The number of benzene rings is 1. The van der Waals surface area contributed by atoms with Crippen LogP contribution in [0.25, 0.3) is 5.76 Å². The number of carbonyl (C=O) groups excluding carboxylic acids is 2. The molecule has 4 rings (SSSR count). The van der Waals surface area contributed by atoms with Crippen molar-refractivity contribution in [1.82, 2.24) is 15.2 Å². The number of amides is 1. The number of nitrogens with zero attached hydrogens (tertiary/aromatic N) is 4. The van der Waals surface area contributed by atoms with Gasteiger partial charge in [0.2, 0.25) is 5.13 Å². The van der Waals surface area contributed by atoms with Crippen molar-refractivity contribution in [3.8, 4) is 11.5 Å². The van der Waals surface area contributed by atoms with Crippen molar-refractivity contribution in [2.24, 2.45) is 5.92 Å². The number of hydrogen-bond donors (Lipinski definition) is 1. The van der Waals surface area contributed by atoms with E-state index in [0.717, 1.165) is 6.42 Å². The van der Waals surface area contributed by atoms with Gasteiger partial charge in [-0.25, -0.2) is 0 Å². The molecule has 3 heterocycles. The number of carbonyl (C=O) groups is 2. The summed E-state index contributed by atoms with van der Waals surface area (Å²) in [6.45, 7) is 8.80. The van der Waals surface area contributed by atoms with E-state index in [1.54, 1.807) is 37.3 Å². The molecule has 1 unspecified atom stereocenters. The van der Waals surface area contributed by atoms with Gasteiger partial charge in [-0.3, -0.25) is 19.5 Å². The first-order chi connectivity index (χ1) is 17.3. The average Bonchev–Trinajstić information content (AvgIpc) is 3.40. The summed E-state index contributed by atoms with van der Waals surface area (Å²) in [4.78, 5) is 31.7. The van der Waals surface area contributed by atoms with E-state index >= 15 is 0 Å². The highest BCUT2D eigenvalue weighted by atomic mass is 32.1. The number of ether oxygens (including phenoxy) is 2. The van der Waals surface area contributed by atoms with Gasteiger partial charge < -0.3 is 14.6 Å². The maximum absolute atomic E-state index is 13.3. The number of aryl methyl sites for hydroxylation is 1. The summed E-state index contributed by atoms with van der Waals surface area (Å²) in [5.74, 6) is -0.344. The smallest absolute Gasteiger partial charge is 0.301 e. The number of aliphatic hydroxyl groups excluding tert-OH is 1. The summed E-state index contributed by atoms with van der Waals surface area (Å²) in [5.41, 5.74) is 0.896. The number of rotatable bonds is 9. The van der Waals surface area contributed by atoms with E-state index in [2.05, 4.69) is 29.0 Å². The van der Waals surface area contributed by atoms with Crippen LogP contribution in [0.1, 0.15) is 49.4 Å². The third-order valence-corrected chi connectivity index (χ3v) is 6.49. The third-order valence-electron chi connectivity index (χ3n) is 5.66. The molecule has 1 aliphatic heterocycles. The number of Topliss-reactive ketones (excluding diaryl/α,β-unsaturated/α-hetero) is 1. The summed E-state index contributed by atoms with van der Waals surface area (Å²) in [7, 11) is 0. The Hall–Kier alpha value is -3.79. The molecule has 9 nitrogen and oxygen atoms in total. The normalized spacial score (nSPS) is 17.1. The Morgan fingerprint density at radius 1 is 1.11 bits per heavy atom. The van der Waals surface area contributed by atoms with Gasteiger partial charge in [-0.05, 0) is 56.0 Å². The SMILES string of the molecule is CCOc1cc(C2C(=C(O)c3ccncc3)C(=O)C(=O)N2c2nnc(C)s2)ccc1OCCC(C)C. The highest BCUT2D eigenvalue weighted by molar-refractivity contribution is 7.15.